The zero-order valence-corrected chi connectivity index (χ0v) is 14.4. The van der Waals surface area contributed by atoms with Gasteiger partial charge in [0, 0.05) is 29.3 Å². The highest BCUT2D eigenvalue weighted by Crippen LogP contribution is 2.22. The molecule has 0 fully saturated rings. The molecular formula is C20H16N2O4. The lowest BCUT2D eigenvalue weighted by Crippen LogP contribution is -2.18. The van der Waals surface area contributed by atoms with Crippen molar-refractivity contribution in [2.24, 2.45) is 0 Å². The van der Waals surface area contributed by atoms with Gasteiger partial charge in [0.1, 0.15) is 23.6 Å². The second kappa shape index (κ2) is 6.15. The fraction of sp³-hybridized carbons (Fsp3) is 0.150. The van der Waals surface area contributed by atoms with Crippen molar-refractivity contribution in [1.29, 1.82) is 0 Å². The van der Waals surface area contributed by atoms with Crippen molar-refractivity contribution in [1.82, 2.24) is 9.38 Å². The van der Waals surface area contributed by atoms with Gasteiger partial charge in [0.2, 0.25) is 0 Å². The summed E-state index contributed by atoms with van der Waals surface area (Å²) in [5, 5.41) is 0.856. The van der Waals surface area contributed by atoms with Crippen LogP contribution in [0, 0.1) is 13.8 Å². The molecule has 26 heavy (non-hydrogen) atoms. The monoisotopic (exact) mass is 348 g/mol. The van der Waals surface area contributed by atoms with E-state index >= 15 is 0 Å². The number of hydrogen-bond acceptors (Lipinski definition) is 5. The Morgan fingerprint density at radius 3 is 2.77 bits per heavy atom. The summed E-state index contributed by atoms with van der Waals surface area (Å²) >= 11 is 0. The van der Waals surface area contributed by atoms with Gasteiger partial charge in [0.05, 0.1) is 5.69 Å². The van der Waals surface area contributed by atoms with Crippen LogP contribution >= 0.6 is 0 Å². The molecule has 0 saturated carbocycles. The number of fused-ring (bicyclic) bond motifs is 2. The number of ether oxygens (including phenoxy) is 1. The van der Waals surface area contributed by atoms with Crippen LogP contribution in [0.25, 0.3) is 16.6 Å². The number of aryl methyl sites for hydroxylation is 2. The minimum absolute atomic E-state index is 0.140. The van der Waals surface area contributed by atoms with E-state index in [9.17, 15) is 9.59 Å². The summed E-state index contributed by atoms with van der Waals surface area (Å²) in [7, 11) is 0. The molecule has 0 radical (unpaired) electrons. The number of rotatable bonds is 3. The summed E-state index contributed by atoms with van der Waals surface area (Å²) in [6.45, 7) is 3.85. The average molecular weight is 348 g/mol. The van der Waals surface area contributed by atoms with Gasteiger partial charge in [-0.15, -0.1) is 0 Å². The van der Waals surface area contributed by atoms with Crippen molar-refractivity contribution in [3.05, 3.63) is 86.3 Å². The van der Waals surface area contributed by atoms with Gasteiger partial charge in [-0.25, -0.2) is 9.78 Å². The highest BCUT2D eigenvalue weighted by Gasteiger charge is 2.07. The Morgan fingerprint density at radius 2 is 1.92 bits per heavy atom. The minimum Gasteiger partial charge on any atom is -0.487 e. The lowest BCUT2D eigenvalue weighted by Gasteiger charge is -2.09. The first kappa shape index (κ1) is 16.1. The van der Waals surface area contributed by atoms with Gasteiger partial charge in [-0.05, 0) is 43.7 Å². The third-order valence-corrected chi connectivity index (χ3v) is 4.24. The maximum atomic E-state index is 12.3. The summed E-state index contributed by atoms with van der Waals surface area (Å²) in [6.07, 6.45) is 0. The second-order valence-electron chi connectivity index (χ2n) is 6.14. The first-order valence-electron chi connectivity index (χ1n) is 8.17. The smallest absolute Gasteiger partial charge is 0.336 e. The van der Waals surface area contributed by atoms with Gasteiger partial charge in [-0.2, -0.15) is 0 Å². The van der Waals surface area contributed by atoms with Gasteiger partial charge in [-0.1, -0.05) is 6.07 Å². The van der Waals surface area contributed by atoms with Crippen LogP contribution in [-0.2, 0) is 6.61 Å². The predicted molar refractivity (Wildman–Crippen MR) is 97.8 cm³/mol. The van der Waals surface area contributed by atoms with E-state index in [0.29, 0.717) is 22.7 Å². The molecular weight excluding hydrogens is 332 g/mol. The predicted octanol–water partition coefficient (Wildman–Crippen LogP) is 3.00. The summed E-state index contributed by atoms with van der Waals surface area (Å²) in [5.41, 5.74) is 2.71. The molecule has 0 bridgehead atoms. The maximum Gasteiger partial charge on any atom is 0.336 e. The van der Waals surface area contributed by atoms with E-state index in [1.807, 2.05) is 32.0 Å². The van der Waals surface area contributed by atoms with Crippen LogP contribution < -0.4 is 15.9 Å². The molecule has 0 spiro atoms. The molecule has 0 atom stereocenters. The van der Waals surface area contributed by atoms with E-state index in [4.69, 9.17) is 9.15 Å². The molecule has 4 aromatic rings. The van der Waals surface area contributed by atoms with E-state index in [1.54, 1.807) is 22.6 Å². The van der Waals surface area contributed by atoms with Crippen molar-refractivity contribution < 1.29 is 9.15 Å². The minimum atomic E-state index is -0.397. The first-order chi connectivity index (χ1) is 12.5. The Kier molecular flexibility index (Phi) is 3.80. The third kappa shape index (κ3) is 2.86. The first-order valence-corrected chi connectivity index (χ1v) is 8.17. The number of aromatic nitrogens is 2. The van der Waals surface area contributed by atoms with Crippen molar-refractivity contribution in [2.45, 2.75) is 20.5 Å². The van der Waals surface area contributed by atoms with Crippen LogP contribution in [-0.4, -0.2) is 9.38 Å². The largest absolute Gasteiger partial charge is 0.487 e. The molecule has 3 heterocycles. The van der Waals surface area contributed by atoms with Gasteiger partial charge in [0.25, 0.3) is 5.56 Å². The van der Waals surface area contributed by atoms with Crippen molar-refractivity contribution in [3.63, 3.8) is 0 Å². The number of nitrogens with zero attached hydrogens (tertiary/aromatic N) is 2. The Bertz CT molecular complexity index is 1250. The van der Waals surface area contributed by atoms with Crippen molar-refractivity contribution in [2.75, 3.05) is 0 Å². The average Bonchev–Trinajstić information content (AvgIpc) is 2.59. The molecule has 130 valence electrons. The quantitative estimate of drug-likeness (QED) is 0.532. The van der Waals surface area contributed by atoms with Crippen molar-refractivity contribution >= 4 is 16.6 Å². The fourth-order valence-electron chi connectivity index (χ4n) is 2.99. The Balaban J connectivity index is 1.65. The lowest BCUT2D eigenvalue weighted by molar-refractivity contribution is 0.301. The van der Waals surface area contributed by atoms with Gasteiger partial charge in [0.15, 0.2) is 0 Å². The van der Waals surface area contributed by atoms with Gasteiger partial charge < -0.3 is 9.15 Å². The molecule has 0 aliphatic heterocycles. The molecule has 0 aliphatic rings. The maximum absolute atomic E-state index is 12.3. The Hall–Kier alpha value is -3.41. The molecule has 3 aromatic heterocycles. The molecule has 0 amide bonds. The summed E-state index contributed by atoms with van der Waals surface area (Å²) in [4.78, 5) is 28.3. The molecule has 1 aromatic carbocycles. The SMILES string of the molecule is Cc1cc(=O)oc2cc(OCc3cc(=O)n4c(C)cccc4n3)ccc12. The van der Waals surface area contributed by atoms with E-state index in [1.165, 1.54) is 12.1 Å². The van der Waals surface area contributed by atoms with Gasteiger partial charge >= 0.3 is 5.63 Å². The van der Waals surface area contributed by atoms with Crippen LogP contribution in [0.4, 0.5) is 0 Å². The van der Waals surface area contributed by atoms with E-state index < -0.39 is 5.63 Å². The van der Waals surface area contributed by atoms with Crippen LogP contribution in [0.15, 0.2) is 62.5 Å². The van der Waals surface area contributed by atoms with Gasteiger partial charge in [-0.3, -0.25) is 9.20 Å². The molecule has 0 aliphatic carbocycles. The lowest BCUT2D eigenvalue weighted by atomic mass is 10.1. The second-order valence-corrected chi connectivity index (χ2v) is 6.14. The molecule has 0 N–H and O–H groups in total. The number of pyridine rings is 1. The molecule has 0 unspecified atom stereocenters. The van der Waals surface area contributed by atoms with E-state index in [-0.39, 0.29) is 12.2 Å². The van der Waals surface area contributed by atoms with E-state index in [0.717, 1.165) is 16.6 Å². The highest BCUT2D eigenvalue weighted by atomic mass is 16.5. The summed E-state index contributed by atoms with van der Waals surface area (Å²) in [5.74, 6) is 0.539. The fourth-order valence-corrected chi connectivity index (χ4v) is 2.99. The van der Waals surface area contributed by atoms with Crippen LogP contribution in [0.2, 0.25) is 0 Å². The summed E-state index contributed by atoms with van der Waals surface area (Å²) < 4.78 is 12.5. The highest BCUT2D eigenvalue weighted by molar-refractivity contribution is 5.81. The van der Waals surface area contributed by atoms with Crippen LogP contribution in [0.5, 0.6) is 5.75 Å². The summed E-state index contributed by atoms with van der Waals surface area (Å²) in [6, 6.07) is 13.7. The number of hydrogen-bond donors (Lipinski definition) is 0. The number of benzene rings is 1. The van der Waals surface area contributed by atoms with E-state index in [2.05, 4.69) is 4.98 Å². The molecule has 4 rings (SSSR count). The zero-order chi connectivity index (χ0) is 18.3. The normalized spacial score (nSPS) is 11.2. The standard InChI is InChI=1S/C20H16N2O4/c1-12-8-20(24)26-17-10-15(6-7-16(12)17)25-11-14-9-19(23)22-13(2)4-3-5-18(22)21-14/h3-10H,11H2,1-2H3. The van der Waals surface area contributed by atoms with Crippen LogP contribution in [0.1, 0.15) is 17.0 Å². The molecule has 0 saturated heterocycles. The Labute approximate surface area is 148 Å². The van der Waals surface area contributed by atoms with Crippen molar-refractivity contribution in [3.8, 4) is 5.75 Å². The zero-order valence-electron chi connectivity index (χ0n) is 14.4. The third-order valence-electron chi connectivity index (χ3n) is 4.24. The molecule has 6 nitrogen and oxygen atoms in total. The Morgan fingerprint density at radius 1 is 1.08 bits per heavy atom. The van der Waals surface area contributed by atoms with Crippen LogP contribution in [0.3, 0.4) is 0 Å². The topological polar surface area (TPSA) is 73.8 Å². The molecule has 6 heteroatoms.